The third-order valence-electron chi connectivity index (χ3n) is 2.25. The predicted molar refractivity (Wildman–Crippen MR) is 64.8 cm³/mol. The van der Waals surface area contributed by atoms with Crippen LogP contribution in [0, 0.1) is 0 Å². The van der Waals surface area contributed by atoms with Crippen molar-refractivity contribution in [3.8, 4) is 0 Å². The molecule has 0 aromatic heterocycles. The van der Waals surface area contributed by atoms with E-state index >= 15 is 0 Å². The third kappa shape index (κ3) is 3.68. The van der Waals surface area contributed by atoms with E-state index in [-0.39, 0.29) is 0 Å². The van der Waals surface area contributed by atoms with Crippen LogP contribution in [0.25, 0.3) is 0 Å². The molecule has 1 aromatic rings. The first-order chi connectivity index (χ1) is 7.34. The predicted octanol–water partition coefficient (Wildman–Crippen LogP) is 2.42. The second kappa shape index (κ2) is 5.75. The van der Waals surface area contributed by atoms with Gasteiger partial charge in [0.2, 0.25) is 0 Å². The fourth-order valence-corrected chi connectivity index (χ4v) is 2.73. The highest BCUT2D eigenvalue weighted by Crippen LogP contribution is 2.22. The smallest absolute Gasteiger partial charge is 0.0628 e. The quantitative estimate of drug-likeness (QED) is 0.824. The standard InChI is InChI=1S/C11H14ClNOS/c12-9-2-1-3-11(6-9)15-8-10-7-14-5-4-13-10/h1-3,6,10,13H,4-5,7-8H2. The van der Waals surface area contributed by atoms with Crippen molar-refractivity contribution in [2.24, 2.45) is 0 Å². The number of hydrogen-bond donors (Lipinski definition) is 1. The Hall–Kier alpha value is -0.220. The highest BCUT2D eigenvalue weighted by atomic mass is 35.5. The molecular weight excluding hydrogens is 230 g/mol. The average molecular weight is 244 g/mol. The zero-order valence-electron chi connectivity index (χ0n) is 8.41. The van der Waals surface area contributed by atoms with Crippen molar-refractivity contribution in [1.29, 1.82) is 0 Å². The Balaban J connectivity index is 1.81. The maximum Gasteiger partial charge on any atom is 0.0628 e. The lowest BCUT2D eigenvalue weighted by molar-refractivity contribution is 0.0837. The summed E-state index contributed by atoms with van der Waals surface area (Å²) in [5, 5.41) is 4.22. The molecule has 1 heterocycles. The summed E-state index contributed by atoms with van der Waals surface area (Å²) in [6.45, 7) is 2.60. The van der Waals surface area contributed by atoms with Gasteiger partial charge in [0.15, 0.2) is 0 Å². The topological polar surface area (TPSA) is 21.3 Å². The van der Waals surface area contributed by atoms with Gasteiger partial charge < -0.3 is 10.1 Å². The lowest BCUT2D eigenvalue weighted by atomic mass is 10.3. The van der Waals surface area contributed by atoms with Crippen molar-refractivity contribution >= 4 is 23.4 Å². The maximum atomic E-state index is 5.91. The molecule has 1 atom stereocenters. The normalized spacial score (nSPS) is 21.5. The van der Waals surface area contributed by atoms with Crippen LogP contribution in [0.3, 0.4) is 0 Å². The van der Waals surface area contributed by atoms with Crippen LogP contribution in [0.4, 0.5) is 0 Å². The van der Waals surface area contributed by atoms with E-state index in [2.05, 4.69) is 11.4 Å². The van der Waals surface area contributed by atoms with Crippen molar-refractivity contribution in [3.05, 3.63) is 29.3 Å². The molecule has 1 saturated heterocycles. The highest BCUT2D eigenvalue weighted by molar-refractivity contribution is 7.99. The minimum atomic E-state index is 0.461. The minimum absolute atomic E-state index is 0.461. The molecule has 0 aliphatic carbocycles. The minimum Gasteiger partial charge on any atom is -0.378 e. The van der Waals surface area contributed by atoms with Crippen LogP contribution in [-0.2, 0) is 4.74 Å². The molecule has 0 spiro atoms. The summed E-state index contributed by atoms with van der Waals surface area (Å²) < 4.78 is 5.39. The Bertz CT molecular complexity index is 315. The second-order valence-electron chi connectivity index (χ2n) is 3.49. The molecule has 0 bridgehead atoms. The van der Waals surface area contributed by atoms with E-state index in [9.17, 15) is 0 Å². The lowest BCUT2D eigenvalue weighted by Gasteiger charge is -2.23. The number of thioether (sulfide) groups is 1. The van der Waals surface area contributed by atoms with Crippen molar-refractivity contribution < 1.29 is 4.74 Å². The van der Waals surface area contributed by atoms with Gasteiger partial charge in [0.25, 0.3) is 0 Å². The summed E-state index contributed by atoms with van der Waals surface area (Å²) in [6, 6.07) is 8.42. The van der Waals surface area contributed by atoms with E-state index in [1.807, 2.05) is 30.0 Å². The molecule has 1 aliphatic heterocycles. The SMILES string of the molecule is Clc1cccc(SCC2COCCN2)c1. The molecule has 1 fully saturated rings. The molecule has 0 radical (unpaired) electrons. The molecule has 2 rings (SSSR count). The van der Waals surface area contributed by atoms with E-state index in [1.165, 1.54) is 4.90 Å². The molecular formula is C11H14ClNOS. The molecule has 15 heavy (non-hydrogen) atoms. The molecule has 1 N–H and O–H groups in total. The third-order valence-corrected chi connectivity index (χ3v) is 3.64. The van der Waals surface area contributed by atoms with Gasteiger partial charge in [0.05, 0.1) is 13.2 Å². The summed E-state index contributed by atoms with van der Waals surface area (Å²) in [6.07, 6.45) is 0. The number of rotatable bonds is 3. The number of halogens is 1. The zero-order valence-corrected chi connectivity index (χ0v) is 9.98. The summed E-state index contributed by atoms with van der Waals surface area (Å²) in [5.74, 6) is 1.03. The lowest BCUT2D eigenvalue weighted by Crippen LogP contribution is -2.42. The Morgan fingerprint density at radius 1 is 1.53 bits per heavy atom. The van der Waals surface area contributed by atoms with Crippen molar-refractivity contribution in [1.82, 2.24) is 5.32 Å². The van der Waals surface area contributed by atoms with E-state index in [0.29, 0.717) is 6.04 Å². The number of ether oxygens (including phenoxy) is 1. The molecule has 2 nitrogen and oxygen atoms in total. The van der Waals surface area contributed by atoms with E-state index in [1.54, 1.807) is 0 Å². The maximum absolute atomic E-state index is 5.91. The second-order valence-corrected chi connectivity index (χ2v) is 5.02. The summed E-state index contributed by atoms with van der Waals surface area (Å²) in [4.78, 5) is 1.22. The van der Waals surface area contributed by atoms with Crippen LogP contribution in [0.15, 0.2) is 29.2 Å². The monoisotopic (exact) mass is 243 g/mol. The van der Waals surface area contributed by atoms with Gasteiger partial charge in [-0.25, -0.2) is 0 Å². The summed E-state index contributed by atoms with van der Waals surface area (Å²) in [7, 11) is 0. The number of benzene rings is 1. The largest absolute Gasteiger partial charge is 0.378 e. The zero-order chi connectivity index (χ0) is 10.5. The Morgan fingerprint density at radius 2 is 2.47 bits per heavy atom. The van der Waals surface area contributed by atoms with Gasteiger partial charge in [-0.05, 0) is 18.2 Å². The summed E-state index contributed by atoms with van der Waals surface area (Å²) >= 11 is 7.73. The fourth-order valence-electron chi connectivity index (χ4n) is 1.48. The van der Waals surface area contributed by atoms with Crippen LogP contribution in [0.2, 0.25) is 5.02 Å². The van der Waals surface area contributed by atoms with Gasteiger partial charge in [-0.2, -0.15) is 0 Å². The van der Waals surface area contributed by atoms with Gasteiger partial charge in [0.1, 0.15) is 0 Å². The summed E-state index contributed by atoms with van der Waals surface area (Å²) in [5.41, 5.74) is 0. The van der Waals surface area contributed by atoms with Gasteiger partial charge in [-0.1, -0.05) is 17.7 Å². The van der Waals surface area contributed by atoms with E-state index in [0.717, 1.165) is 30.5 Å². The molecule has 1 aliphatic rings. The van der Waals surface area contributed by atoms with Gasteiger partial charge in [-0.15, -0.1) is 11.8 Å². The molecule has 1 aromatic carbocycles. The van der Waals surface area contributed by atoms with E-state index in [4.69, 9.17) is 16.3 Å². The molecule has 0 amide bonds. The van der Waals surface area contributed by atoms with Crippen molar-refractivity contribution in [3.63, 3.8) is 0 Å². The van der Waals surface area contributed by atoms with Crippen LogP contribution >= 0.6 is 23.4 Å². The van der Waals surface area contributed by atoms with Crippen molar-refractivity contribution in [2.75, 3.05) is 25.5 Å². The van der Waals surface area contributed by atoms with Gasteiger partial charge in [-0.3, -0.25) is 0 Å². The van der Waals surface area contributed by atoms with Crippen LogP contribution < -0.4 is 5.32 Å². The van der Waals surface area contributed by atoms with Crippen LogP contribution in [0.1, 0.15) is 0 Å². The van der Waals surface area contributed by atoms with Gasteiger partial charge >= 0.3 is 0 Å². The Morgan fingerprint density at radius 3 is 3.20 bits per heavy atom. The average Bonchev–Trinajstić information content (AvgIpc) is 2.28. The molecule has 82 valence electrons. The van der Waals surface area contributed by atoms with Crippen LogP contribution in [-0.4, -0.2) is 31.6 Å². The van der Waals surface area contributed by atoms with Crippen LogP contribution in [0.5, 0.6) is 0 Å². The molecule has 0 saturated carbocycles. The Labute approximate surface area is 99.3 Å². The first kappa shape index (κ1) is 11.3. The number of nitrogens with one attached hydrogen (secondary N) is 1. The van der Waals surface area contributed by atoms with Crippen molar-refractivity contribution in [2.45, 2.75) is 10.9 Å². The van der Waals surface area contributed by atoms with Gasteiger partial charge in [0, 0.05) is 28.3 Å². The Kier molecular flexibility index (Phi) is 4.32. The first-order valence-corrected chi connectivity index (χ1v) is 6.40. The molecule has 1 unspecified atom stereocenters. The highest BCUT2D eigenvalue weighted by Gasteiger charge is 2.12. The number of morpholine rings is 1. The first-order valence-electron chi connectivity index (χ1n) is 5.04. The fraction of sp³-hybridized carbons (Fsp3) is 0.455. The molecule has 4 heteroatoms. The van der Waals surface area contributed by atoms with E-state index < -0.39 is 0 Å². The number of hydrogen-bond acceptors (Lipinski definition) is 3.